The van der Waals surface area contributed by atoms with E-state index in [9.17, 15) is 9.18 Å². The van der Waals surface area contributed by atoms with Crippen molar-refractivity contribution < 1.29 is 9.18 Å². The fraction of sp³-hybridized carbons (Fsp3) is 0.353. The van der Waals surface area contributed by atoms with Crippen molar-refractivity contribution in [2.75, 3.05) is 11.9 Å². The third-order valence-corrected chi connectivity index (χ3v) is 4.30. The zero-order valence-corrected chi connectivity index (χ0v) is 13.8. The Morgan fingerprint density at radius 3 is 2.92 bits per heavy atom. The van der Waals surface area contributed by atoms with Crippen LogP contribution in [0, 0.1) is 5.82 Å². The van der Waals surface area contributed by atoms with E-state index in [2.05, 4.69) is 20.6 Å². The topological polar surface area (TPSA) is 66.9 Å². The summed E-state index contributed by atoms with van der Waals surface area (Å²) in [7, 11) is 0. The van der Waals surface area contributed by atoms with Gasteiger partial charge in [-0.05, 0) is 49.1 Å². The van der Waals surface area contributed by atoms with Gasteiger partial charge in [0.15, 0.2) is 0 Å². The van der Waals surface area contributed by atoms with Crippen molar-refractivity contribution in [3.05, 3.63) is 52.9 Å². The summed E-state index contributed by atoms with van der Waals surface area (Å²) in [4.78, 5) is 20.8. The van der Waals surface area contributed by atoms with E-state index in [1.807, 2.05) is 6.07 Å². The number of rotatable bonds is 3. The summed E-state index contributed by atoms with van der Waals surface area (Å²) < 4.78 is 14.6. The molecule has 126 valence electrons. The molecule has 0 atom stereocenters. The molecule has 1 fully saturated rings. The normalized spacial score (nSPS) is 16.0. The Balaban J connectivity index is 0.00000169. The van der Waals surface area contributed by atoms with Gasteiger partial charge in [-0.1, -0.05) is 6.07 Å². The van der Waals surface area contributed by atoms with Crippen LogP contribution < -0.4 is 10.6 Å². The molecular formula is C17H18ClFN4O. The fourth-order valence-electron chi connectivity index (χ4n) is 2.85. The maximum Gasteiger partial charge on any atom is 0.274 e. The maximum atomic E-state index is 14.6. The highest BCUT2D eigenvalue weighted by atomic mass is 35.5. The van der Waals surface area contributed by atoms with Crippen molar-refractivity contribution >= 4 is 24.0 Å². The standard InChI is InChI=1S/C17H17FN4O.ClH/c18-15-12-5-7-19-9-11(12)3-4-13(15)22-17(23)14-6-8-20-16(21-14)10-1-2-10;/h3-4,6,8,10,19H,1-2,5,7,9H2,(H,22,23);1H. The lowest BCUT2D eigenvalue weighted by Gasteiger charge is -2.19. The molecule has 5 nitrogen and oxygen atoms in total. The predicted molar refractivity (Wildman–Crippen MR) is 91.0 cm³/mol. The van der Waals surface area contributed by atoms with Crippen LogP contribution >= 0.6 is 12.4 Å². The number of carbonyl (C=O) groups excluding carboxylic acids is 1. The van der Waals surface area contributed by atoms with Crippen LogP contribution in [0.4, 0.5) is 10.1 Å². The quantitative estimate of drug-likeness (QED) is 0.895. The highest BCUT2D eigenvalue weighted by Gasteiger charge is 2.27. The number of benzene rings is 1. The van der Waals surface area contributed by atoms with Crippen molar-refractivity contribution in [3.63, 3.8) is 0 Å². The van der Waals surface area contributed by atoms with Crippen molar-refractivity contribution in [1.82, 2.24) is 15.3 Å². The van der Waals surface area contributed by atoms with Gasteiger partial charge in [-0.3, -0.25) is 4.79 Å². The molecule has 2 aromatic rings. The molecule has 1 amide bonds. The van der Waals surface area contributed by atoms with Gasteiger partial charge in [-0.2, -0.15) is 0 Å². The first-order valence-electron chi connectivity index (χ1n) is 7.87. The Bertz CT molecular complexity index is 779. The fourth-order valence-corrected chi connectivity index (χ4v) is 2.85. The average Bonchev–Trinajstić information content (AvgIpc) is 3.43. The molecule has 0 saturated heterocycles. The molecule has 1 aliphatic carbocycles. The number of nitrogens with zero attached hydrogens (tertiary/aromatic N) is 2. The van der Waals surface area contributed by atoms with Crippen LogP contribution in [0.1, 0.15) is 46.2 Å². The molecule has 4 rings (SSSR count). The van der Waals surface area contributed by atoms with Crippen molar-refractivity contribution in [2.45, 2.75) is 31.7 Å². The summed E-state index contributed by atoms with van der Waals surface area (Å²) in [5.41, 5.74) is 2.12. The summed E-state index contributed by atoms with van der Waals surface area (Å²) in [5, 5.41) is 5.84. The van der Waals surface area contributed by atoms with Crippen LogP contribution in [0.15, 0.2) is 24.4 Å². The van der Waals surface area contributed by atoms with E-state index in [1.165, 1.54) is 0 Å². The largest absolute Gasteiger partial charge is 0.318 e. The lowest BCUT2D eigenvalue weighted by Crippen LogP contribution is -2.25. The molecule has 2 N–H and O–H groups in total. The Labute approximate surface area is 145 Å². The SMILES string of the molecule is Cl.O=C(Nc1ccc2c(c1F)CCNC2)c1ccnc(C2CC2)n1. The minimum absolute atomic E-state index is 0. The van der Waals surface area contributed by atoms with Crippen LogP contribution in [0.5, 0.6) is 0 Å². The van der Waals surface area contributed by atoms with E-state index in [0.29, 0.717) is 30.3 Å². The highest BCUT2D eigenvalue weighted by Crippen LogP contribution is 2.37. The van der Waals surface area contributed by atoms with Crippen LogP contribution in [-0.4, -0.2) is 22.4 Å². The van der Waals surface area contributed by atoms with E-state index in [0.717, 1.165) is 24.9 Å². The zero-order chi connectivity index (χ0) is 15.8. The molecule has 2 aliphatic rings. The van der Waals surface area contributed by atoms with E-state index < -0.39 is 5.91 Å². The maximum absolute atomic E-state index is 14.6. The predicted octanol–water partition coefficient (Wildman–Crippen LogP) is 2.81. The molecule has 0 radical (unpaired) electrons. The average molecular weight is 349 g/mol. The molecule has 0 bridgehead atoms. The Morgan fingerprint density at radius 2 is 2.12 bits per heavy atom. The summed E-state index contributed by atoms with van der Waals surface area (Å²) in [6.45, 7) is 1.41. The van der Waals surface area contributed by atoms with E-state index in [4.69, 9.17) is 0 Å². The summed E-state index contributed by atoms with van der Waals surface area (Å²) >= 11 is 0. The second-order valence-electron chi connectivity index (χ2n) is 6.02. The lowest BCUT2D eigenvalue weighted by molar-refractivity contribution is 0.102. The Hall–Kier alpha value is -2.05. The molecular weight excluding hydrogens is 331 g/mol. The smallest absolute Gasteiger partial charge is 0.274 e. The first kappa shape index (κ1) is 16.8. The molecule has 1 saturated carbocycles. The van der Waals surface area contributed by atoms with Crippen LogP contribution in [-0.2, 0) is 13.0 Å². The van der Waals surface area contributed by atoms with Crippen molar-refractivity contribution in [2.24, 2.45) is 0 Å². The number of fused-ring (bicyclic) bond motifs is 1. The number of halogens is 2. The van der Waals surface area contributed by atoms with E-state index in [-0.39, 0.29) is 29.6 Å². The first-order valence-corrected chi connectivity index (χ1v) is 7.87. The molecule has 1 aromatic carbocycles. The van der Waals surface area contributed by atoms with Gasteiger partial charge in [0.25, 0.3) is 5.91 Å². The van der Waals surface area contributed by atoms with Crippen LogP contribution in [0.25, 0.3) is 0 Å². The monoisotopic (exact) mass is 348 g/mol. The van der Waals surface area contributed by atoms with Gasteiger partial charge >= 0.3 is 0 Å². The zero-order valence-electron chi connectivity index (χ0n) is 13.0. The van der Waals surface area contributed by atoms with Gasteiger partial charge in [0, 0.05) is 18.7 Å². The number of hydrogen-bond donors (Lipinski definition) is 2. The Kier molecular flexibility index (Phi) is 4.78. The summed E-state index contributed by atoms with van der Waals surface area (Å²) in [5.74, 6) is 0.335. The Morgan fingerprint density at radius 1 is 1.29 bits per heavy atom. The molecule has 1 aromatic heterocycles. The number of aromatic nitrogens is 2. The summed E-state index contributed by atoms with van der Waals surface area (Å²) in [6, 6.07) is 5.03. The number of anilines is 1. The highest BCUT2D eigenvalue weighted by molar-refractivity contribution is 6.03. The van der Waals surface area contributed by atoms with Gasteiger partial charge < -0.3 is 10.6 Å². The second-order valence-corrected chi connectivity index (χ2v) is 6.02. The number of carbonyl (C=O) groups is 1. The number of nitrogens with one attached hydrogen (secondary N) is 2. The molecule has 24 heavy (non-hydrogen) atoms. The van der Waals surface area contributed by atoms with Crippen molar-refractivity contribution in [3.8, 4) is 0 Å². The lowest BCUT2D eigenvalue weighted by atomic mass is 9.99. The third-order valence-electron chi connectivity index (χ3n) is 4.30. The number of hydrogen-bond acceptors (Lipinski definition) is 4. The second kappa shape index (κ2) is 6.83. The molecule has 0 spiro atoms. The van der Waals surface area contributed by atoms with Crippen LogP contribution in [0.2, 0.25) is 0 Å². The minimum Gasteiger partial charge on any atom is -0.318 e. The first-order chi connectivity index (χ1) is 11.2. The van der Waals surface area contributed by atoms with Gasteiger partial charge in [0.1, 0.15) is 17.3 Å². The van der Waals surface area contributed by atoms with E-state index >= 15 is 0 Å². The van der Waals surface area contributed by atoms with Gasteiger partial charge in [0.05, 0.1) is 5.69 Å². The number of amides is 1. The minimum atomic E-state index is -0.401. The summed E-state index contributed by atoms with van der Waals surface area (Å²) in [6.07, 6.45) is 4.35. The molecule has 1 aliphatic heterocycles. The molecule has 7 heteroatoms. The molecule has 2 heterocycles. The van der Waals surface area contributed by atoms with Gasteiger partial charge in [-0.25, -0.2) is 14.4 Å². The molecule has 0 unspecified atom stereocenters. The third kappa shape index (κ3) is 3.25. The van der Waals surface area contributed by atoms with Crippen molar-refractivity contribution in [1.29, 1.82) is 0 Å². The van der Waals surface area contributed by atoms with Gasteiger partial charge in [-0.15, -0.1) is 12.4 Å². The van der Waals surface area contributed by atoms with Crippen LogP contribution in [0.3, 0.4) is 0 Å². The van der Waals surface area contributed by atoms with E-state index in [1.54, 1.807) is 18.3 Å². The van der Waals surface area contributed by atoms with Gasteiger partial charge in [0.2, 0.25) is 0 Å².